The van der Waals surface area contributed by atoms with E-state index < -0.39 is 5.97 Å². The predicted molar refractivity (Wildman–Crippen MR) is 83.7 cm³/mol. The van der Waals surface area contributed by atoms with Crippen molar-refractivity contribution in [3.8, 4) is 0 Å². The van der Waals surface area contributed by atoms with Crippen LogP contribution in [0.3, 0.4) is 0 Å². The minimum absolute atomic E-state index is 0.108. The zero-order valence-electron chi connectivity index (χ0n) is 12.7. The molecule has 0 radical (unpaired) electrons. The quantitative estimate of drug-likeness (QED) is 0.726. The van der Waals surface area contributed by atoms with E-state index in [1.54, 1.807) is 18.2 Å². The summed E-state index contributed by atoms with van der Waals surface area (Å²) in [6.07, 6.45) is 3.64. The lowest BCUT2D eigenvalue weighted by atomic mass is 9.85. The second-order valence-corrected chi connectivity index (χ2v) is 5.65. The number of benzene rings is 1. The molecule has 1 heterocycles. The van der Waals surface area contributed by atoms with Gasteiger partial charge in [-0.2, -0.15) is 0 Å². The third-order valence-corrected chi connectivity index (χ3v) is 4.46. The number of nitrogens with two attached hydrogens (primary N) is 1. The van der Waals surface area contributed by atoms with E-state index in [4.69, 9.17) is 10.5 Å². The normalized spacial score (nSPS) is 21.0. The van der Waals surface area contributed by atoms with Crippen molar-refractivity contribution in [2.75, 3.05) is 17.7 Å². The fourth-order valence-electron chi connectivity index (χ4n) is 3.01. The topological polar surface area (TPSA) is 84.6 Å². The zero-order valence-corrected chi connectivity index (χ0v) is 12.7. The molecule has 1 atom stereocenters. The summed E-state index contributed by atoms with van der Waals surface area (Å²) >= 11 is 0. The molecule has 1 fully saturated rings. The highest BCUT2D eigenvalue weighted by atomic mass is 16.5. The molecular weight excluding hydrogens is 268 g/mol. The van der Waals surface area contributed by atoms with Gasteiger partial charge in [0.25, 0.3) is 0 Å². The summed E-state index contributed by atoms with van der Waals surface area (Å²) in [5, 5.41) is 12.6. The van der Waals surface area contributed by atoms with Crippen LogP contribution in [0.1, 0.15) is 49.9 Å². The number of rotatable bonds is 5. The molecule has 0 aromatic heterocycles. The van der Waals surface area contributed by atoms with Crippen molar-refractivity contribution >= 4 is 17.3 Å². The fraction of sp³-hybridized carbons (Fsp3) is 0.562. The van der Waals surface area contributed by atoms with E-state index in [0.29, 0.717) is 18.0 Å². The molecule has 0 amide bonds. The average molecular weight is 292 g/mol. The van der Waals surface area contributed by atoms with E-state index in [0.717, 1.165) is 25.7 Å². The summed E-state index contributed by atoms with van der Waals surface area (Å²) in [4.78, 5) is 11.3. The Kier molecular flexibility index (Phi) is 4.73. The fourth-order valence-corrected chi connectivity index (χ4v) is 3.01. The van der Waals surface area contributed by atoms with Crippen molar-refractivity contribution in [2.45, 2.75) is 51.2 Å². The van der Waals surface area contributed by atoms with Crippen LogP contribution in [0, 0.1) is 0 Å². The lowest BCUT2D eigenvalue weighted by molar-refractivity contribution is -0.0864. The largest absolute Gasteiger partial charge is 0.478 e. The number of para-hydroxylation sites is 1. The van der Waals surface area contributed by atoms with Gasteiger partial charge in [0.2, 0.25) is 0 Å². The first kappa shape index (κ1) is 15.6. The molecule has 116 valence electrons. The second-order valence-electron chi connectivity index (χ2n) is 5.65. The SMILES string of the molecule is CCC1(CC)CC(Nc2c(N)cccc2C(=O)O)CCO1. The predicted octanol–water partition coefficient (Wildman–Crippen LogP) is 3.12. The molecule has 4 N–H and O–H groups in total. The third kappa shape index (κ3) is 3.29. The Morgan fingerprint density at radius 2 is 2.19 bits per heavy atom. The van der Waals surface area contributed by atoms with Gasteiger partial charge in [0, 0.05) is 12.6 Å². The number of nitrogens with one attached hydrogen (secondary N) is 1. The van der Waals surface area contributed by atoms with Gasteiger partial charge in [-0.1, -0.05) is 19.9 Å². The molecule has 1 aliphatic rings. The number of anilines is 2. The molecule has 2 rings (SSSR count). The molecule has 5 nitrogen and oxygen atoms in total. The maximum Gasteiger partial charge on any atom is 0.337 e. The Bertz CT molecular complexity index is 512. The van der Waals surface area contributed by atoms with Gasteiger partial charge >= 0.3 is 5.97 Å². The molecule has 21 heavy (non-hydrogen) atoms. The summed E-state index contributed by atoms with van der Waals surface area (Å²) in [6.45, 7) is 4.95. The Morgan fingerprint density at radius 3 is 2.81 bits per heavy atom. The van der Waals surface area contributed by atoms with Crippen LogP contribution in [-0.4, -0.2) is 29.3 Å². The number of aromatic carboxylic acids is 1. The Morgan fingerprint density at radius 1 is 1.48 bits per heavy atom. The van der Waals surface area contributed by atoms with Crippen LogP contribution in [0.25, 0.3) is 0 Å². The molecule has 0 aliphatic carbocycles. The van der Waals surface area contributed by atoms with E-state index in [2.05, 4.69) is 19.2 Å². The van der Waals surface area contributed by atoms with Crippen molar-refractivity contribution in [1.82, 2.24) is 0 Å². The van der Waals surface area contributed by atoms with Gasteiger partial charge in [-0.25, -0.2) is 4.79 Å². The van der Waals surface area contributed by atoms with Gasteiger partial charge < -0.3 is 20.9 Å². The first-order valence-electron chi connectivity index (χ1n) is 7.53. The third-order valence-electron chi connectivity index (χ3n) is 4.46. The first-order valence-corrected chi connectivity index (χ1v) is 7.53. The molecule has 0 bridgehead atoms. The van der Waals surface area contributed by atoms with Crippen molar-refractivity contribution in [2.24, 2.45) is 0 Å². The highest BCUT2D eigenvalue weighted by Crippen LogP contribution is 2.34. The molecule has 1 aromatic rings. The molecule has 0 saturated carbocycles. The number of ether oxygens (including phenoxy) is 1. The number of carbonyl (C=O) groups is 1. The molecule has 1 unspecified atom stereocenters. The van der Waals surface area contributed by atoms with E-state index >= 15 is 0 Å². The van der Waals surface area contributed by atoms with Crippen LogP contribution in [0.2, 0.25) is 0 Å². The van der Waals surface area contributed by atoms with Gasteiger partial charge in [0.15, 0.2) is 0 Å². The summed E-state index contributed by atoms with van der Waals surface area (Å²) in [5.41, 5.74) is 7.06. The summed E-state index contributed by atoms with van der Waals surface area (Å²) in [7, 11) is 0. The van der Waals surface area contributed by atoms with Gasteiger partial charge in [0.05, 0.1) is 22.5 Å². The Labute approximate surface area is 125 Å². The summed E-state index contributed by atoms with van der Waals surface area (Å²) in [5.74, 6) is -0.964. The van der Waals surface area contributed by atoms with Crippen molar-refractivity contribution in [1.29, 1.82) is 0 Å². The van der Waals surface area contributed by atoms with E-state index in [1.807, 2.05) is 0 Å². The maximum atomic E-state index is 11.3. The standard InChI is InChI=1S/C16H24N2O3/c1-3-16(4-2)10-11(8-9-21-16)18-14-12(15(19)20)6-5-7-13(14)17/h5-7,11,18H,3-4,8-10,17H2,1-2H3,(H,19,20). The number of carboxylic acid groups (broad SMARTS) is 1. The van der Waals surface area contributed by atoms with Crippen LogP contribution in [0.15, 0.2) is 18.2 Å². The van der Waals surface area contributed by atoms with E-state index in [9.17, 15) is 9.90 Å². The molecule has 1 saturated heterocycles. The van der Waals surface area contributed by atoms with Crippen molar-refractivity contribution in [3.63, 3.8) is 0 Å². The Hall–Kier alpha value is -1.75. The summed E-state index contributed by atoms with van der Waals surface area (Å²) < 4.78 is 5.95. The van der Waals surface area contributed by atoms with Gasteiger partial charge in [-0.15, -0.1) is 0 Å². The summed E-state index contributed by atoms with van der Waals surface area (Å²) in [6, 6.07) is 5.14. The van der Waals surface area contributed by atoms with Crippen molar-refractivity contribution in [3.05, 3.63) is 23.8 Å². The lowest BCUT2D eigenvalue weighted by Crippen LogP contribution is -2.43. The number of hydrogen-bond donors (Lipinski definition) is 3. The lowest BCUT2D eigenvalue weighted by Gasteiger charge is -2.40. The van der Waals surface area contributed by atoms with Crippen LogP contribution in [0.4, 0.5) is 11.4 Å². The van der Waals surface area contributed by atoms with E-state index in [-0.39, 0.29) is 17.2 Å². The van der Waals surface area contributed by atoms with Gasteiger partial charge in [0.1, 0.15) is 0 Å². The van der Waals surface area contributed by atoms with E-state index in [1.165, 1.54) is 0 Å². The van der Waals surface area contributed by atoms with Gasteiger partial charge in [-0.05, 0) is 37.8 Å². The molecule has 1 aliphatic heterocycles. The Balaban J connectivity index is 2.20. The molecule has 1 aromatic carbocycles. The highest BCUT2D eigenvalue weighted by molar-refractivity contribution is 5.97. The molecular formula is C16H24N2O3. The average Bonchev–Trinajstić information content (AvgIpc) is 2.49. The maximum absolute atomic E-state index is 11.3. The molecule has 5 heteroatoms. The molecule has 0 spiro atoms. The second kappa shape index (κ2) is 6.35. The smallest absolute Gasteiger partial charge is 0.337 e. The van der Waals surface area contributed by atoms with Gasteiger partial charge in [-0.3, -0.25) is 0 Å². The van der Waals surface area contributed by atoms with Crippen LogP contribution >= 0.6 is 0 Å². The zero-order chi connectivity index (χ0) is 15.5. The minimum atomic E-state index is -0.964. The number of carboxylic acids is 1. The van der Waals surface area contributed by atoms with Crippen LogP contribution in [-0.2, 0) is 4.74 Å². The van der Waals surface area contributed by atoms with Crippen LogP contribution < -0.4 is 11.1 Å². The monoisotopic (exact) mass is 292 g/mol. The van der Waals surface area contributed by atoms with Crippen LogP contribution in [0.5, 0.6) is 0 Å². The van der Waals surface area contributed by atoms with Crippen molar-refractivity contribution < 1.29 is 14.6 Å². The highest BCUT2D eigenvalue weighted by Gasteiger charge is 2.35. The first-order chi connectivity index (χ1) is 10.0. The number of hydrogen-bond acceptors (Lipinski definition) is 4. The minimum Gasteiger partial charge on any atom is -0.478 e. The number of nitrogen functional groups attached to an aromatic ring is 1.